The summed E-state index contributed by atoms with van der Waals surface area (Å²) >= 11 is 5.96. The highest BCUT2D eigenvalue weighted by Gasteiger charge is 2.37. The highest BCUT2D eigenvalue weighted by molar-refractivity contribution is 6.28. The quantitative estimate of drug-likeness (QED) is 0.780. The van der Waals surface area contributed by atoms with Crippen molar-refractivity contribution in [3.8, 4) is 6.07 Å². The molecule has 0 saturated heterocycles. The van der Waals surface area contributed by atoms with Gasteiger partial charge in [0, 0.05) is 12.7 Å². The van der Waals surface area contributed by atoms with Crippen LogP contribution in [0.2, 0.25) is 5.28 Å². The van der Waals surface area contributed by atoms with Crippen LogP contribution in [0.25, 0.3) is 0 Å². The van der Waals surface area contributed by atoms with Crippen molar-refractivity contribution in [2.45, 2.75) is 26.8 Å². The number of hydrogen-bond donors (Lipinski definition) is 0. The van der Waals surface area contributed by atoms with Crippen LogP contribution in [-0.2, 0) is 4.79 Å². The number of anilines is 3. The normalized spacial score (nSPS) is 16.2. The number of likely N-dealkylation sites (N-methyl/N-ethyl adjacent to an activating group) is 1. The average molecular weight is 344 g/mol. The average Bonchev–Trinajstić information content (AvgIpc) is 2.58. The third-order valence-electron chi connectivity index (χ3n) is 3.90. The van der Waals surface area contributed by atoms with E-state index >= 15 is 0 Å². The van der Waals surface area contributed by atoms with E-state index in [1.807, 2.05) is 11.8 Å². The zero-order chi connectivity index (χ0) is 16.6. The largest absolute Gasteiger partial charge is 0.312 e. The number of amides is 1. The second kappa shape index (κ2) is 6.85. The molecule has 0 bridgehead atoms. The molecule has 2 heterocycles. The second-order valence-electron chi connectivity index (χ2n) is 5.20. The van der Waals surface area contributed by atoms with Crippen molar-refractivity contribution < 1.29 is 4.79 Å². The molecule has 1 aliphatic heterocycles. The summed E-state index contributed by atoms with van der Waals surface area (Å²) in [5.41, 5.74) is 1.95. The molecule has 7 heteroatoms. The Morgan fingerprint density at radius 1 is 1.33 bits per heavy atom. The molecule has 0 aliphatic carbocycles. The van der Waals surface area contributed by atoms with E-state index in [2.05, 4.69) is 16.0 Å². The number of fused-ring (bicyclic) bond motifs is 1. The molecule has 3 rings (SSSR count). The highest BCUT2D eigenvalue weighted by Crippen LogP contribution is 2.39. The Kier molecular flexibility index (Phi) is 5.05. The van der Waals surface area contributed by atoms with Gasteiger partial charge in [-0.25, -0.2) is 4.98 Å². The number of rotatable bonds is 2. The van der Waals surface area contributed by atoms with Crippen LogP contribution in [0, 0.1) is 11.3 Å². The fraction of sp³-hybridized carbons (Fsp3) is 0.294. The number of carbonyl (C=O) groups is 1. The molecular weight excluding hydrogens is 326 g/mol. The molecule has 0 fully saturated rings. The molecule has 2 aromatic rings. The van der Waals surface area contributed by atoms with Gasteiger partial charge in [-0.2, -0.15) is 10.2 Å². The Bertz CT molecular complexity index is 800. The number of aromatic nitrogens is 2. The molecule has 0 saturated carbocycles. The molecule has 1 aromatic carbocycles. The summed E-state index contributed by atoms with van der Waals surface area (Å²) in [6, 6.07) is 8.74. The van der Waals surface area contributed by atoms with Crippen molar-refractivity contribution in [3.63, 3.8) is 0 Å². The van der Waals surface area contributed by atoms with E-state index in [-0.39, 0.29) is 24.7 Å². The molecule has 1 aliphatic rings. The summed E-state index contributed by atoms with van der Waals surface area (Å²) in [5, 5.41) is 9.07. The van der Waals surface area contributed by atoms with Gasteiger partial charge in [-0.3, -0.25) is 4.79 Å². The lowest BCUT2D eigenvalue weighted by Gasteiger charge is -2.40. The van der Waals surface area contributed by atoms with Crippen LogP contribution in [0.3, 0.4) is 0 Å². The molecule has 24 heavy (non-hydrogen) atoms. The first kappa shape index (κ1) is 17.7. The molecular formula is C17H18ClN5O. The van der Waals surface area contributed by atoms with Crippen LogP contribution < -0.4 is 9.80 Å². The minimum Gasteiger partial charge on any atom is -0.312 e. The van der Waals surface area contributed by atoms with Gasteiger partial charge in [-0.1, -0.05) is 14.4 Å². The van der Waals surface area contributed by atoms with Crippen molar-refractivity contribution in [3.05, 3.63) is 41.3 Å². The topological polar surface area (TPSA) is 73.1 Å². The van der Waals surface area contributed by atoms with Crippen LogP contribution in [0.5, 0.6) is 0 Å². The predicted octanol–water partition coefficient (Wildman–Crippen LogP) is 3.53. The number of hydrogen-bond acceptors (Lipinski definition) is 5. The van der Waals surface area contributed by atoms with E-state index in [1.165, 1.54) is 0 Å². The maximum atomic E-state index is 12.7. The number of nitrogens with zero attached hydrogens (tertiary/aromatic N) is 5. The maximum Gasteiger partial charge on any atom is 0.250 e. The van der Waals surface area contributed by atoms with Crippen molar-refractivity contribution in [2.75, 3.05) is 16.8 Å². The molecule has 1 atom stereocenters. The minimum atomic E-state index is -0.383. The van der Waals surface area contributed by atoms with Gasteiger partial charge >= 0.3 is 0 Å². The fourth-order valence-corrected chi connectivity index (χ4v) is 2.84. The van der Waals surface area contributed by atoms with E-state index in [9.17, 15) is 4.79 Å². The lowest BCUT2D eigenvalue weighted by molar-refractivity contribution is -0.119. The van der Waals surface area contributed by atoms with Crippen LogP contribution >= 0.6 is 11.6 Å². The van der Waals surface area contributed by atoms with Crippen molar-refractivity contribution in [2.24, 2.45) is 0 Å². The zero-order valence-electron chi connectivity index (χ0n) is 12.7. The highest BCUT2D eigenvalue weighted by atomic mass is 35.5. The van der Waals surface area contributed by atoms with Gasteiger partial charge in [-0.15, -0.1) is 0 Å². The summed E-state index contributed by atoms with van der Waals surface area (Å²) in [6.07, 6.45) is 2.16. The van der Waals surface area contributed by atoms with E-state index in [1.54, 1.807) is 42.4 Å². The van der Waals surface area contributed by atoms with Crippen LogP contribution in [0.4, 0.5) is 17.2 Å². The number of halogens is 1. The molecule has 0 radical (unpaired) electrons. The van der Waals surface area contributed by atoms with Crippen LogP contribution in [0.15, 0.2) is 30.5 Å². The smallest absolute Gasteiger partial charge is 0.250 e. The van der Waals surface area contributed by atoms with Gasteiger partial charge in [0.2, 0.25) is 11.2 Å². The summed E-state index contributed by atoms with van der Waals surface area (Å²) < 4.78 is 0. The van der Waals surface area contributed by atoms with E-state index < -0.39 is 0 Å². The van der Waals surface area contributed by atoms with E-state index in [0.717, 1.165) is 5.69 Å². The van der Waals surface area contributed by atoms with Gasteiger partial charge in [0.1, 0.15) is 11.7 Å². The Balaban J connectivity index is 0.00000208. The third kappa shape index (κ3) is 2.79. The summed E-state index contributed by atoms with van der Waals surface area (Å²) in [4.78, 5) is 24.4. The molecule has 1 aromatic heterocycles. The Labute approximate surface area is 146 Å². The minimum absolute atomic E-state index is 0. The molecule has 124 valence electrons. The van der Waals surface area contributed by atoms with Crippen LogP contribution in [0.1, 0.15) is 26.3 Å². The number of carbonyl (C=O) groups excluding carboxylic acids is 1. The van der Waals surface area contributed by atoms with Gasteiger partial charge in [0.15, 0.2) is 5.82 Å². The second-order valence-corrected chi connectivity index (χ2v) is 5.54. The predicted molar refractivity (Wildman–Crippen MR) is 94.6 cm³/mol. The Morgan fingerprint density at radius 2 is 2.00 bits per heavy atom. The van der Waals surface area contributed by atoms with Gasteiger partial charge in [-0.05, 0) is 42.3 Å². The van der Waals surface area contributed by atoms with Crippen molar-refractivity contribution in [1.82, 2.24) is 9.97 Å². The first-order valence-corrected chi connectivity index (χ1v) is 7.54. The van der Waals surface area contributed by atoms with Gasteiger partial charge in [0.05, 0.1) is 17.8 Å². The van der Waals surface area contributed by atoms with Crippen LogP contribution in [-0.4, -0.2) is 29.0 Å². The Hall–Kier alpha value is -2.65. The standard InChI is InChI=1S/C16H14ClN5O.CH4/c1-3-12-15(23)21(2)13-9-19-16(17)20-14(13)22(12)11-6-4-10(8-18)5-7-11;/h4-7,9,12H,3H2,1-2H3;1H4. The Morgan fingerprint density at radius 3 is 2.58 bits per heavy atom. The fourth-order valence-electron chi connectivity index (χ4n) is 2.72. The van der Waals surface area contributed by atoms with Crippen molar-refractivity contribution in [1.29, 1.82) is 5.26 Å². The molecule has 1 unspecified atom stereocenters. The molecule has 6 nitrogen and oxygen atoms in total. The SMILES string of the molecule is C.CCC1C(=O)N(C)c2cnc(Cl)nc2N1c1ccc(C#N)cc1. The molecule has 1 amide bonds. The number of nitriles is 1. The summed E-state index contributed by atoms with van der Waals surface area (Å²) in [6.45, 7) is 1.95. The first-order chi connectivity index (χ1) is 11.1. The monoisotopic (exact) mass is 343 g/mol. The zero-order valence-corrected chi connectivity index (χ0v) is 13.4. The number of benzene rings is 1. The third-order valence-corrected chi connectivity index (χ3v) is 4.08. The lowest BCUT2D eigenvalue weighted by atomic mass is 10.1. The molecule has 0 spiro atoms. The summed E-state index contributed by atoms with van der Waals surface area (Å²) in [5.74, 6) is 0.555. The van der Waals surface area contributed by atoms with Crippen molar-refractivity contribution >= 4 is 34.7 Å². The first-order valence-electron chi connectivity index (χ1n) is 7.16. The maximum absolute atomic E-state index is 12.7. The summed E-state index contributed by atoms with van der Waals surface area (Å²) in [7, 11) is 1.71. The van der Waals surface area contributed by atoms with Gasteiger partial charge in [0.25, 0.3) is 0 Å². The van der Waals surface area contributed by atoms with E-state index in [0.29, 0.717) is 23.5 Å². The lowest BCUT2D eigenvalue weighted by Crippen LogP contribution is -2.50. The molecule has 0 N–H and O–H groups in total. The van der Waals surface area contributed by atoms with Gasteiger partial charge < -0.3 is 9.80 Å². The van der Waals surface area contributed by atoms with E-state index in [4.69, 9.17) is 16.9 Å².